The van der Waals surface area contributed by atoms with Crippen LogP contribution in [0.5, 0.6) is 0 Å². The van der Waals surface area contributed by atoms with Crippen molar-refractivity contribution in [3.8, 4) is 0 Å². The monoisotopic (exact) mass is 294 g/mol. The number of carbonyl (C=O) groups excluding carboxylic acids is 1. The number of hydrogen-bond donors (Lipinski definition) is 1. The number of anilines is 1. The van der Waals surface area contributed by atoms with Crippen LogP contribution in [0.25, 0.3) is 0 Å². The van der Waals surface area contributed by atoms with E-state index < -0.39 is 0 Å². The largest absolute Gasteiger partial charge is 0.320 e. The van der Waals surface area contributed by atoms with E-state index in [1.165, 1.54) is 6.07 Å². The average molecular weight is 295 g/mol. The Morgan fingerprint density at radius 3 is 2.58 bits per heavy atom. The molecule has 0 spiro atoms. The van der Waals surface area contributed by atoms with E-state index in [9.17, 15) is 4.79 Å². The summed E-state index contributed by atoms with van der Waals surface area (Å²) >= 11 is 11.7. The Morgan fingerprint density at radius 2 is 1.89 bits per heavy atom. The lowest BCUT2D eigenvalue weighted by Crippen LogP contribution is -2.15. The van der Waals surface area contributed by atoms with Gasteiger partial charge in [0.05, 0.1) is 5.02 Å². The summed E-state index contributed by atoms with van der Waals surface area (Å²) in [5.74, 6) is -0.376. The number of carbonyl (C=O) groups is 1. The second-order valence-electron chi connectivity index (χ2n) is 4.24. The molecule has 1 aromatic carbocycles. The molecule has 0 saturated heterocycles. The summed E-state index contributed by atoms with van der Waals surface area (Å²) in [5.41, 5.74) is 2.96. The van der Waals surface area contributed by atoms with Crippen molar-refractivity contribution in [1.82, 2.24) is 4.98 Å². The van der Waals surface area contributed by atoms with E-state index >= 15 is 0 Å². The minimum Gasteiger partial charge on any atom is -0.320 e. The van der Waals surface area contributed by atoms with Crippen molar-refractivity contribution in [2.75, 3.05) is 5.32 Å². The molecule has 0 aliphatic heterocycles. The van der Waals surface area contributed by atoms with Crippen LogP contribution < -0.4 is 5.32 Å². The minimum atomic E-state index is -0.376. The first-order valence-electron chi connectivity index (χ1n) is 5.68. The highest BCUT2D eigenvalue weighted by atomic mass is 35.5. The molecule has 2 rings (SSSR count). The van der Waals surface area contributed by atoms with Gasteiger partial charge in [-0.05, 0) is 37.6 Å². The number of pyridine rings is 1. The number of aromatic nitrogens is 1. The Balaban J connectivity index is 2.28. The Morgan fingerprint density at radius 1 is 1.16 bits per heavy atom. The summed E-state index contributed by atoms with van der Waals surface area (Å²) in [7, 11) is 0. The predicted molar refractivity (Wildman–Crippen MR) is 78.1 cm³/mol. The molecule has 1 amide bonds. The summed E-state index contributed by atoms with van der Waals surface area (Å²) in [4.78, 5) is 16.0. The summed E-state index contributed by atoms with van der Waals surface area (Å²) in [5, 5.41) is 3.28. The molecule has 0 fully saturated rings. The molecule has 98 valence electrons. The van der Waals surface area contributed by atoms with Crippen LogP contribution in [0.2, 0.25) is 10.2 Å². The van der Waals surface area contributed by atoms with Crippen molar-refractivity contribution < 1.29 is 4.79 Å². The Kier molecular flexibility index (Phi) is 4.08. The number of nitrogens with one attached hydrogen (secondary N) is 1. The lowest BCUT2D eigenvalue weighted by molar-refractivity contribution is 0.102. The quantitative estimate of drug-likeness (QED) is 0.841. The van der Waals surface area contributed by atoms with Gasteiger partial charge in [-0.1, -0.05) is 40.9 Å². The number of nitrogens with zero attached hydrogens (tertiary/aromatic N) is 1. The van der Waals surface area contributed by atoms with Gasteiger partial charge in [0.25, 0.3) is 5.91 Å². The standard InChI is InChI=1S/C14H12Cl2N2O/c1-8-3-5-11(9(2)7-8)17-14(19)13-10(15)4-6-12(16)18-13/h3-7H,1-2H3,(H,17,19). The third-order valence-corrected chi connectivity index (χ3v) is 3.17. The zero-order valence-electron chi connectivity index (χ0n) is 10.5. The van der Waals surface area contributed by atoms with Gasteiger partial charge in [-0.3, -0.25) is 4.79 Å². The molecule has 0 atom stereocenters. The van der Waals surface area contributed by atoms with Gasteiger partial charge < -0.3 is 5.32 Å². The smallest absolute Gasteiger partial charge is 0.275 e. The Bertz CT molecular complexity index is 641. The van der Waals surface area contributed by atoms with Crippen molar-refractivity contribution in [2.45, 2.75) is 13.8 Å². The molecule has 1 aromatic heterocycles. The maximum Gasteiger partial charge on any atom is 0.275 e. The third kappa shape index (κ3) is 3.25. The molecule has 1 heterocycles. The van der Waals surface area contributed by atoms with Crippen LogP contribution in [-0.4, -0.2) is 10.9 Å². The van der Waals surface area contributed by atoms with Crippen LogP contribution in [0.15, 0.2) is 30.3 Å². The highest BCUT2D eigenvalue weighted by Gasteiger charge is 2.14. The Hall–Kier alpha value is -1.58. The molecule has 2 aromatic rings. The van der Waals surface area contributed by atoms with Gasteiger partial charge >= 0.3 is 0 Å². The number of halogens is 2. The number of hydrogen-bond acceptors (Lipinski definition) is 2. The molecule has 0 bridgehead atoms. The van der Waals surface area contributed by atoms with Gasteiger partial charge in [-0.25, -0.2) is 4.98 Å². The van der Waals surface area contributed by atoms with Crippen molar-refractivity contribution in [3.05, 3.63) is 57.3 Å². The van der Waals surface area contributed by atoms with E-state index in [0.29, 0.717) is 0 Å². The highest BCUT2D eigenvalue weighted by molar-refractivity contribution is 6.35. The first-order valence-corrected chi connectivity index (χ1v) is 6.43. The van der Waals surface area contributed by atoms with Gasteiger partial charge in [-0.2, -0.15) is 0 Å². The van der Waals surface area contributed by atoms with Gasteiger partial charge in [0.15, 0.2) is 0 Å². The van der Waals surface area contributed by atoms with Crippen LogP contribution in [-0.2, 0) is 0 Å². The van der Waals surface area contributed by atoms with Crippen molar-refractivity contribution in [2.24, 2.45) is 0 Å². The van der Waals surface area contributed by atoms with E-state index in [0.717, 1.165) is 16.8 Å². The fourth-order valence-electron chi connectivity index (χ4n) is 1.71. The molecule has 3 nitrogen and oxygen atoms in total. The van der Waals surface area contributed by atoms with E-state index in [4.69, 9.17) is 23.2 Å². The zero-order valence-corrected chi connectivity index (χ0v) is 12.0. The van der Waals surface area contributed by atoms with Crippen LogP contribution >= 0.6 is 23.2 Å². The molecular weight excluding hydrogens is 283 g/mol. The van der Waals surface area contributed by atoms with Gasteiger partial charge in [0.1, 0.15) is 10.8 Å². The predicted octanol–water partition coefficient (Wildman–Crippen LogP) is 4.26. The van der Waals surface area contributed by atoms with E-state index in [1.807, 2.05) is 32.0 Å². The van der Waals surface area contributed by atoms with Crippen LogP contribution in [0.1, 0.15) is 21.6 Å². The number of aryl methyl sites for hydroxylation is 2. The molecule has 0 saturated carbocycles. The zero-order chi connectivity index (χ0) is 14.0. The third-order valence-electron chi connectivity index (χ3n) is 2.66. The second-order valence-corrected chi connectivity index (χ2v) is 5.03. The van der Waals surface area contributed by atoms with Gasteiger partial charge in [-0.15, -0.1) is 0 Å². The fourth-order valence-corrected chi connectivity index (χ4v) is 2.05. The molecule has 1 N–H and O–H groups in total. The summed E-state index contributed by atoms with van der Waals surface area (Å²) < 4.78 is 0. The van der Waals surface area contributed by atoms with E-state index in [2.05, 4.69) is 10.3 Å². The molecule has 0 radical (unpaired) electrons. The summed E-state index contributed by atoms with van der Waals surface area (Å²) in [6.07, 6.45) is 0. The molecule has 0 aliphatic rings. The van der Waals surface area contributed by atoms with E-state index in [-0.39, 0.29) is 21.8 Å². The van der Waals surface area contributed by atoms with Crippen LogP contribution in [0.4, 0.5) is 5.69 Å². The minimum absolute atomic E-state index is 0.120. The SMILES string of the molecule is Cc1ccc(NC(=O)c2nc(Cl)ccc2Cl)c(C)c1. The van der Waals surface area contributed by atoms with Crippen molar-refractivity contribution in [3.63, 3.8) is 0 Å². The molecule has 0 aliphatic carbocycles. The fraction of sp³-hybridized carbons (Fsp3) is 0.143. The number of rotatable bonds is 2. The first kappa shape index (κ1) is 13.8. The number of amides is 1. The summed E-state index contributed by atoms with van der Waals surface area (Å²) in [6.45, 7) is 3.92. The number of benzene rings is 1. The van der Waals surface area contributed by atoms with E-state index in [1.54, 1.807) is 6.07 Å². The maximum atomic E-state index is 12.1. The van der Waals surface area contributed by atoms with Crippen molar-refractivity contribution in [1.29, 1.82) is 0 Å². The highest BCUT2D eigenvalue weighted by Crippen LogP contribution is 2.20. The first-order chi connectivity index (χ1) is 8.97. The van der Waals surface area contributed by atoms with Crippen molar-refractivity contribution >= 4 is 34.8 Å². The van der Waals surface area contributed by atoms with Crippen LogP contribution in [0.3, 0.4) is 0 Å². The molecular formula is C14H12Cl2N2O. The van der Waals surface area contributed by atoms with Gasteiger partial charge in [0, 0.05) is 5.69 Å². The summed E-state index contributed by atoms with van der Waals surface area (Å²) in [6, 6.07) is 8.85. The van der Waals surface area contributed by atoms with Crippen LogP contribution in [0, 0.1) is 13.8 Å². The second kappa shape index (κ2) is 5.59. The van der Waals surface area contributed by atoms with Gasteiger partial charge in [0.2, 0.25) is 0 Å². The topological polar surface area (TPSA) is 42.0 Å². The lowest BCUT2D eigenvalue weighted by Gasteiger charge is -2.09. The maximum absolute atomic E-state index is 12.1. The average Bonchev–Trinajstić information content (AvgIpc) is 2.35. The molecule has 5 heteroatoms. The molecule has 19 heavy (non-hydrogen) atoms. The normalized spacial score (nSPS) is 10.3. The molecule has 0 unspecified atom stereocenters. The lowest BCUT2D eigenvalue weighted by atomic mass is 10.1. The Labute approximate surface area is 121 Å².